The molecule has 1 saturated carbocycles. The Morgan fingerprint density at radius 3 is 2.71 bits per heavy atom. The number of rotatable bonds is 6. The first-order valence-electron chi connectivity index (χ1n) is 11.8. The van der Waals surface area contributed by atoms with Gasteiger partial charge >= 0.3 is 5.69 Å². The summed E-state index contributed by atoms with van der Waals surface area (Å²) in [5.74, 6) is 8.75. The van der Waals surface area contributed by atoms with Crippen LogP contribution in [0.3, 0.4) is 0 Å². The lowest BCUT2D eigenvalue weighted by molar-refractivity contribution is -0.133. The Labute approximate surface area is 195 Å². The van der Waals surface area contributed by atoms with Gasteiger partial charge in [0.15, 0.2) is 11.6 Å². The van der Waals surface area contributed by atoms with E-state index < -0.39 is 0 Å². The highest BCUT2D eigenvalue weighted by Crippen LogP contribution is 2.33. The maximum absolute atomic E-state index is 13.1. The van der Waals surface area contributed by atoms with Gasteiger partial charge in [-0.2, -0.15) is 4.98 Å². The lowest BCUT2D eigenvalue weighted by Crippen LogP contribution is -2.49. The van der Waals surface area contributed by atoms with E-state index in [1.54, 1.807) is 28.5 Å². The van der Waals surface area contributed by atoms with E-state index in [2.05, 4.69) is 9.89 Å². The Morgan fingerprint density at radius 2 is 2.00 bits per heavy atom. The zero-order valence-corrected chi connectivity index (χ0v) is 19.3. The van der Waals surface area contributed by atoms with Gasteiger partial charge in [0.1, 0.15) is 18.1 Å². The van der Waals surface area contributed by atoms with E-state index in [9.17, 15) is 9.59 Å². The third kappa shape index (κ3) is 3.53. The second-order valence-electron chi connectivity index (χ2n) is 9.32. The van der Waals surface area contributed by atoms with Crippen LogP contribution in [-0.2, 0) is 18.4 Å². The molecule has 2 fully saturated rings. The number of anilines is 1. The van der Waals surface area contributed by atoms with Crippen molar-refractivity contribution in [2.24, 2.45) is 23.8 Å². The predicted octanol–water partition coefficient (Wildman–Crippen LogP) is -0.140. The number of carbonyl (C=O) groups is 1. The van der Waals surface area contributed by atoms with Gasteiger partial charge < -0.3 is 9.32 Å². The molecular weight excluding hydrogens is 438 g/mol. The minimum atomic E-state index is -0.156. The Morgan fingerprint density at radius 1 is 1.21 bits per heavy atom. The summed E-state index contributed by atoms with van der Waals surface area (Å²) in [6.07, 6.45) is 4.68. The molecule has 0 unspecified atom stereocenters. The van der Waals surface area contributed by atoms with Gasteiger partial charge in [-0.3, -0.25) is 24.3 Å². The molecule has 0 atom stereocenters. The number of hydrazine groups is 1. The lowest BCUT2D eigenvalue weighted by atomic mass is 10.2. The zero-order valence-electron chi connectivity index (χ0n) is 19.3. The van der Waals surface area contributed by atoms with Gasteiger partial charge in [0.05, 0.1) is 6.26 Å². The summed E-state index contributed by atoms with van der Waals surface area (Å²) < 4.78 is 10.5. The van der Waals surface area contributed by atoms with E-state index in [1.807, 2.05) is 11.0 Å². The Bertz CT molecular complexity index is 1300. The quantitative estimate of drug-likeness (QED) is 0.501. The molecule has 0 spiro atoms. The maximum Gasteiger partial charge on any atom is 0.345 e. The highest BCUT2D eigenvalue weighted by Gasteiger charge is 2.32. The molecule has 2 aliphatic heterocycles. The molecule has 1 saturated heterocycles. The molecular formula is C22H29N9O3. The fraction of sp³-hybridized carbons (Fsp3) is 0.545. The summed E-state index contributed by atoms with van der Waals surface area (Å²) in [6, 6.07) is 3.63. The van der Waals surface area contributed by atoms with Crippen LogP contribution in [0.5, 0.6) is 0 Å². The number of fused-ring (bicyclic) bond motifs is 3. The summed E-state index contributed by atoms with van der Waals surface area (Å²) in [4.78, 5) is 39.1. The molecule has 3 aliphatic rings. The summed E-state index contributed by atoms with van der Waals surface area (Å²) in [5.41, 5.74) is 1.10. The number of hydrogen-bond acceptors (Lipinski definition) is 8. The van der Waals surface area contributed by atoms with Gasteiger partial charge in [-0.05, 0) is 30.9 Å². The van der Waals surface area contributed by atoms with E-state index in [0.29, 0.717) is 54.2 Å². The zero-order chi connectivity index (χ0) is 23.4. The number of carbonyl (C=O) groups excluding carboxylic acids is 1. The van der Waals surface area contributed by atoms with Gasteiger partial charge in [-0.1, -0.05) is 0 Å². The molecule has 0 bridgehead atoms. The molecule has 3 aromatic rings. The van der Waals surface area contributed by atoms with E-state index in [0.717, 1.165) is 26.2 Å². The number of aliphatic imine (C=N–C) groups is 1. The van der Waals surface area contributed by atoms with Crippen molar-refractivity contribution < 1.29 is 9.21 Å². The first-order valence-corrected chi connectivity index (χ1v) is 11.8. The van der Waals surface area contributed by atoms with Crippen LogP contribution in [0, 0.1) is 5.92 Å². The largest absolute Gasteiger partial charge is 0.463 e. The molecule has 6 rings (SSSR count). The molecule has 0 aromatic carbocycles. The fourth-order valence-corrected chi connectivity index (χ4v) is 4.85. The molecule has 180 valence electrons. The summed E-state index contributed by atoms with van der Waals surface area (Å²) in [6.45, 7) is 4.55. The standard InChI is InChI=1S/C22H29N9O3/c1-26-22(33)29(11-8-27-6-9-28(10-7-27)17(32)13-15-4-5-15)21-25-20-19(31(21)26)18(24-14-30(20)23)16-3-2-12-34-16/h2-3,12,15H,4-11,13-14,23H2,1H3. The third-order valence-electron chi connectivity index (χ3n) is 7.03. The molecule has 5 heterocycles. The van der Waals surface area contributed by atoms with Crippen molar-refractivity contribution in [3.8, 4) is 0 Å². The van der Waals surface area contributed by atoms with Crippen LogP contribution in [0.25, 0.3) is 5.78 Å². The molecule has 12 heteroatoms. The molecule has 1 aliphatic carbocycles. The molecule has 0 radical (unpaired) electrons. The minimum absolute atomic E-state index is 0.156. The maximum atomic E-state index is 13.1. The number of nitrogens with two attached hydrogens (primary N) is 1. The average Bonchev–Trinajstić information content (AvgIpc) is 3.25. The van der Waals surface area contributed by atoms with Gasteiger partial charge in [0, 0.05) is 52.7 Å². The van der Waals surface area contributed by atoms with Crippen molar-refractivity contribution in [2.75, 3.05) is 44.4 Å². The van der Waals surface area contributed by atoms with Crippen LogP contribution < -0.4 is 16.5 Å². The summed E-state index contributed by atoms with van der Waals surface area (Å²) in [7, 11) is 1.72. The van der Waals surface area contributed by atoms with Crippen molar-refractivity contribution >= 4 is 23.2 Å². The third-order valence-corrected chi connectivity index (χ3v) is 7.03. The molecule has 2 N–H and O–H groups in total. The van der Waals surface area contributed by atoms with Gasteiger partial charge in [-0.25, -0.2) is 19.8 Å². The monoisotopic (exact) mass is 467 g/mol. The van der Waals surface area contributed by atoms with Gasteiger partial charge in [-0.15, -0.1) is 0 Å². The van der Waals surface area contributed by atoms with Crippen molar-refractivity contribution in [3.63, 3.8) is 0 Å². The predicted molar refractivity (Wildman–Crippen MR) is 125 cm³/mol. The summed E-state index contributed by atoms with van der Waals surface area (Å²) in [5, 5.41) is 1.47. The number of aromatic nitrogens is 4. The minimum Gasteiger partial charge on any atom is -0.463 e. The van der Waals surface area contributed by atoms with Crippen LogP contribution in [0.2, 0.25) is 0 Å². The lowest BCUT2D eigenvalue weighted by Gasteiger charge is -2.34. The number of nitrogens with zero attached hydrogens (tertiary/aromatic N) is 8. The smallest absolute Gasteiger partial charge is 0.345 e. The van der Waals surface area contributed by atoms with Crippen LogP contribution >= 0.6 is 0 Å². The van der Waals surface area contributed by atoms with Crippen LogP contribution in [-0.4, -0.2) is 79.6 Å². The highest BCUT2D eigenvalue weighted by molar-refractivity contribution is 6.14. The van der Waals surface area contributed by atoms with E-state index in [1.165, 1.54) is 22.5 Å². The fourth-order valence-electron chi connectivity index (χ4n) is 4.85. The van der Waals surface area contributed by atoms with Gasteiger partial charge in [0.25, 0.3) is 0 Å². The van der Waals surface area contributed by atoms with Crippen LogP contribution in [0.4, 0.5) is 5.82 Å². The van der Waals surface area contributed by atoms with Crippen LogP contribution in [0.1, 0.15) is 30.7 Å². The van der Waals surface area contributed by atoms with E-state index in [4.69, 9.17) is 15.2 Å². The van der Waals surface area contributed by atoms with E-state index >= 15 is 0 Å². The molecule has 12 nitrogen and oxygen atoms in total. The second kappa shape index (κ2) is 8.13. The summed E-state index contributed by atoms with van der Waals surface area (Å²) >= 11 is 0. The number of hydrogen-bond donors (Lipinski definition) is 1. The molecule has 3 aromatic heterocycles. The topological polar surface area (TPSA) is 123 Å². The van der Waals surface area contributed by atoms with Crippen LogP contribution in [0.15, 0.2) is 32.6 Å². The number of amides is 1. The molecule has 34 heavy (non-hydrogen) atoms. The van der Waals surface area contributed by atoms with Gasteiger partial charge in [0.2, 0.25) is 11.7 Å². The number of aryl methyl sites for hydroxylation is 1. The Hall–Kier alpha value is -3.38. The average molecular weight is 468 g/mol. The Kier molecular flexibility index (Phi) is 5.06. The highest BCUT2D eigenvalue weighted by atomic mass is 16.3. The number of furan rings is 1. The Balaban J connectivity index is 1.22. The number of imidazole rings is 1. The van der Waals surface area contributed by atoms with Crippen molar-refractivity contribution in [1.29, 1.82) is 0 Å². The number of piperazine rings is 1. The first kappa shape index (κ1) is 21.2. The van der Waals surface area contributed by atoms with E-state index in [-0.39, 0.29) is 18.3 Å². The van der Waals surface area contributed by atoms with Crippen molar-refractivity contribution in [3.05, 3.63) is 40.3 Å². The SMILES string of the molecule is Cn1c(=O)n(CCN2CCN(C(=O)CC3CC3)CC2)c2nc3c(n21)C(c1ccco1)=NCN3N. The van der Waals surface area contributed by atoms with Crippen molar-refractivity contribution in [1.82, 2.24) is 28.5 Å². The second-order valence-corrected chi connectivity index (χ2v) is 9.32. The first-order chi connectivity index (χ1) is 16.5. The van der Waals surface area contributed by atoms with Crippen molar-refractivity contribution in [2.45, 2.75) is 25.8 Å². The molecule has 1 amide bonds. The normalized spacial score (nSPS) is 19.1.